The fourth-order valence-electron chi connectivity index (χ4n) is 3.60. The lowest BCUT2D eigenvalue weighted by Crippen LogP contribution is -2.64. The Hall–Kier alpha value is -1.30. The zero-order valence-electron chi connectivity index (χ0n) is 14.6. The molecule has 0 radical (unpaired) electrons. The van der Waals surface area contributed by atoms with E-state index in [2.05, 4.69) is 0 Å². The number of rotatable bonds is 2. The van der Waals surface area contributed by atoms with Gasteiger partial charge in [-0.3, -0.25) is 4.90 Å². The maximum atomic E-state index is 12.6. The molecule has 1 saturated heterocycles. The van der Waals surface area contributed by atoms with E-state index in [-0.39, 0.29) is 6.54 Å². The number of amides is 1. The molecule has 0 aromatic rings. The first kappa shape index (κ1) is 18.7. The number of nitrogens with zero attached hydrogens (tertiary/aromatic N) is 1. The number of carboxylic acids is 1. The summed E-state index contributed by atoms with van der Waals surface area (Å²) in [4.78, 5) is 26.0. The number of β-amino-alcohol motifs (C(OH)–C–C–N with tert-alkyl or cyclic N) is 1. The molecular weight excluding hydrogens is 286 g/mol. The highest BCUT2D eigenvalue weighted by Crippen LogP contribution is 2.49. The molecule has 0 aromatic carbocycles. The zero-order valence-corrected chi connectivity index (χ0v) is 14.6. The number of carbonyl (C=O) groups is 2. The molecule has 6 heteroatoms. The third kappa shape index (κ3) is 2.93. The summed E-state index contributed by atoms with van der Waals surface area (Å²) in [5.41, 5.74) is -2.98. The van der Waals surface area contributed by atoms with Crippen LogP contribution in [0.15, 0.2) is 0 Å². The molecule has 1 aliphatic heterocycles. The van der Waals surface area contributed by atoms with E-state index in [0.717, 1.165) is 0 Å². The molecule has 128 valence electrons. The number of aliphatic hydroxyl groups is 1. The summed E-state index contributed by atoms with van der Waals surface area (Å²) < 4.78 is 5.38. The van der Waals surface area contributed by atoms with Crippen LogP contribution in [0.3, 0.4) is 0 Å². The molecule has 2 N–H and O–H groups in total. The van der Waals surface area contributed by atoms with Crippen molar-refractivity contribution in [2.24, 2.45) is 11.3 Å². The topological polar surface area (TPSA) is 87.1 Å². The molecule has 22 heavy (non-hydrogen) atoms. The number of carboxylic acid groups (broad SMARTS) is 1. The van der Waals surface area contributed by atoms with E-state index in [1.807, 2.05) is 6.92 Å². The first-order valence-electron chi connectivity index (χ1n) is 7.71. The van der Waals surface area contributed by atoms with Crippen LogP contribution in [-0.2, 0) is 9.53 Å². The van der Waals surface area contributed by atoms with Crippen molar-refractivity contribution in [2.45, 2.75) is 72.1 Å². The van der Waals surface area contributed by atoms with E-state index in [1.54, 1.807) is 41.5 Å². The largest absolute Gasteiger partial charge is 0.479 e. The second kappa shape index (κ2) is 5.72. The van der Waals surface area contributed by atoms with Crippen molar-refractivity contribution in [3.05, 3.63) is 0 Å². The Morgan fingerprint density at radius 3 is 2.05 bits per heavy atom. The van der Waals surface area contributed by atoms with Gasteiger partial charge in [0.1, 0.15) is 5.60 Å². The fourth-order valence-corrected chi connectivity index (χ4v) is 3.60. The zero-order chi connectivity index (χ0) is 17.5. The van der Waals surface area contributed by atoms with Crippen molar-refractivity contribution in [2.75, 3.05) is 6.54 Å². The average Bonchev–Trinajstić information content (AvgIpc) is 2.59. The van der Waals surface area contributed by atoms with E-state index < -0.39 is 40.6 Å². The molecule has 3 atom stereocenters. The number of aliphatic hydroxyl groups excluding tert-OH is 1. The Kier molecular flexibility index (Phi) is 4.88. The number of likely N-dealkylation sites (tertiary alicyclic amines) is 1. The van der Waals surface area contributed by atoms with E-state index >= 15 is 0 Å². The van der Waals surface area contributed by atoms with E-state index in [0.29, 0.717) is 6.42 Å². The Balaban J connectivity index is 3.42. The van der Waals surface area contributed by atoms with Crippen LogP contribution in [0.25, 0.3) is 0 Å². The minimum atomic E-state index is -1.50. The first-order chi connectivity index (χ1) is 9.79. The van der Waals surface area contributed by atoms with Crippen molar-refractivity contribution in [1.29, 1.82) is 0 Å². The summed E-state index contributed by atoms with van der Waals surface area (Å²) in [6.07, 6.45) is -1.11. The van der Waals surface area contributed by atoms with Crippen LogP contribution in [0.2, 0.25) is 0 Å². The second-order valence-electron chi connectivity index (χ2n) is 7.99. The third-order valence-corrected chi connectivity index (χ3v) is 4.32. The number of hydrogen-bond acceptors (Lipinski definition) is 4. The number of hydrogen-bond donors (Lipinski definition) is 2. The van der Waals surface area contributed by atoms with Crippen LogP contribution in [-0.4, -0.2) is 51.0 Å². The molecule has 1 aliphatic rings. The minimum Gasteiger partial charge on any atom is -0.479 e. The molecule has 0 bridgehead atoms. The maximum Gasteiger partial charge on any atom is 0.411 e. The fraction of sp³-hybridized carbons (Fsp3) is 0.875. The normalized spacial score (nSPS) is 29.5. The molecule has 1 fully saturated rings. The highest BCUT2D eigenvalue weighted by molar-refractivity contribution is 5.87. The molecule has 1 rings (SSSR count). The quantitative estimate of drug-likeness (QED) is 0.817. The summed E-state index contributed by atoms with van der Waals surface area (Å²) in [7, 11) is 0. The average molecular weight is 315 g/mol. The minimum absolute atomic E-state index is 0.0308. The third-order valence-electron chi connectivity index (χ3n) is 4.32. The van der Waals surface area contributed by atoms with E-state index in [4.69, 9.17) is 4.74 Å². The summed E-state index contributed by atoms with van der Waals surface area (Å²) in [5, 5.41) is 20.3. The van der Waals surface area contributed by atoms with Gasteiger partial charge in [-0.05, 0) is 32.6 Å². The molecule has 0 aromatic heterocycles. The number of aliphatic carboxylic acids is 1. The first-order valence-corrected chi connectivity index (χ1v) is 7.71. The summed E-state index contributed by atoms with van der Waals surface area (Å²) in [6, 6.07) is 0. The van der Waals surface area contributed by atoms with E-state index in [1.165, 1.54) is 4.90 Å². The van der Waals surface area contributed by atoms with Crippen LogP contribution in [0.4, 0.5) is 4.79 Å². The summed E-state index contributed by atoms with van der Waals surface area (Å²) in [5.74, 6) is -1.65. The smallest absolute Gasteiger partial charge is 0.411 e. The summed E-state index contributed by atoms with van der Waals surface area (Å²) >= 11 is 0. The van der Waals surface area contributed by atoms with Gasteiger partial charge in [0.05, 0.1) is 12.6 Å². The molecule has 6 nitrogen and oxygen atoms in total. The SMILES string of the molecule is CC[C@@H]1[C@@H](O)CN(C(=O)OC(C)(C)C)[C@@]1(C(=O)O)C(C)(C)C. The van der Waals surface area contributed by atoms with Gasteiger partial charge in [-0.2, -0.15) is 0 Å². The molecule has 1 amide bonds. The lowest BCUT2D eigenvalue weighted by molar-refractivity contribution is -0.161. The Morgan fingerprint density at radius 2 is 1.73 bits per heavy atom. The predicted molar refractivity (Wildman–Crippen MR) is 82.5 cm³/mol. The van der Waals surface area contributed by atoms with Gasteiger partial charge >= 0.3 is 12.1 Å². The molecular formula is C16H29NO5. The molecule has 0 unspecified atom stereocenters. The Morgan fingerprint density at radius 1 is 1.23 bits per heavy atom. The van der Waals surface area contributed by atoms with Crippen molar-refractivity contribution < 1.29 is 24.5 Å². The molecule has 0 saturated carbocycles. The molecule has 0 aliphatic carbocycles. The molecule has 1 heterocycles. The standard InChI is InChI=1S/C16H29NO5/c1-8-10-11(18)9-17(13(21)22-15(5,6)7)16(10,12(19)20)14(2,3)4/h10-11,18H,8-9H2,1-7H3,(H,19,20)/t10-,11+,16+/m1/s1. The highest BCUT2D eigenvalue weighted by atomic mass is 16.6. The van der Waals surface area contributed by atoms with Gasteiger partial charge in [-0.25, -0.2) is 9.59 Å². The van der Waals surface area contributed by atoms with Crippen molar-refractivity contribution >= 4 is 12.1 Å². The van der Waals surface area contributed by atoms with Crippen LogP contribution in [0.5, 0.6) is 0 Å². The molecule has 0 spiro atoms. The highest BCUT2D eigenvalue weighted by Gasteiger charge is 2.66. The van der Waals surface area contributed by atoms with Crippen molar-refractivity contribution in [1.82, 2.24) is 4.90 Å². The van der Waals surface area contributed by atoms with Gasteiger partial charge in [-0.1, -0.05) is 27.7 Å². The van der Waals surface area contributed by atoms with E-state index in [9.17, 15) is 19.8 Å². The van der Waals surface area contributed by atoms with Gasteiger partial charge in [0.2, 0.25) is 0 Å². The van der Waals surface area contributed by atoms with Crippen molar-refractivity contribution in [3.8, 4) is 0 Å². The van der Waals surface area contributed by atoms with Crippen molar-refractivity contribution in [3.63, 3.8) is 0 Å². The lowest BCUT2D eigenvalue weighted by atomic mass is 9.65. The summed E-state index contributed by atoms with van der Waals surface area (Å²) in [6.45, 7) is 12.3. The second-order valence-corrected chi connectivity index (χ2v) is 7.99. The lowest BCUT2D eigenvalue weighted by Gasteiger charge is -2.47. The monoisotopic (exact) mass is 315 g/mol. The van der Waals surface area contributed by atoms with Crippen LogP contribution >= 0.6 is 0 Å². The van der Waals surface area contributed by atoms with Crippen LogP contribution < -0.4 is 0 Å². The van der Waals surface area contributed by atoms with Gasteiger partial charge in [0, 0.05) is 5.92 Å². The Labute approximate surface area is 132 Å². The van der Waals surface area contributed by atoms with Gasteiger partial charge in [0.25, 0.3) is 0 Å². The predicted octanol–water partition coefficient (Wildman–Crippen LogP) is 2.49. The van der Waals surface area contributed by atoms with Gasteiger partial charge in [-0.15, -0.1) is 0 Å². The van der Waals surface area contributed by atoms with Crippen LogP contribution in [0.1, 0.15) is 54.9 Å². The maximum absolute atomic E-state index is 12.6. The Bertz CT molecular complexity index is 448. The van der Waals surface area contributed by atoms with Crippen LogP contribution in [0, 0.1) is 11.3 Å². The number of ether oxygens (including phenoxy) is 1. The number of carbonyl (C=O) groups excluding carboxylic acids is 1. The van der Waals surface area contributed by atoms with Gasteiger partial charge in [0.15, 0.2) is 5.54 Å². The van der Waals surface area contributed by atoms with Gasteiger partial charge < -0.3 is 14.9 Å².